The molecule has 1 aromatic carbocycles. The average Bonchev–Trinajstić information content (AvgIpc) is 3.07. The molecular formula is C20H26Cl2FN3O3. The molecule has 1 heterocycles. The highest BCUT2D eigenvalue weighted by atomic mass is 35.5. The Hall–Kier alpha value is -1.86. The molecule has 0 bridgehead atoms. The van der Waals surface area contributed by atoms with Gasteiger partial charge in [0.1, 0.15) is 5.82 Å². The molecular weight excluding hydrogens is 420 g/mol. The van der Waals surface area contributed by atoms with Gasteiger partial charge in [-0.05, 0) is 43.2 Å². The SMILES string of the molecule is CC1(Cc2c(F)ccc(Cl)c2Cl)CCCC1.NC(=O)[C@H]1CCC(=O)NC(=O)NC1. The minimum atomic E-state index is -0.573. The summed E-state index contributed by atoms with van der Waals surface area (Å²) in [5.41, 5.74) is 5.83. The Balaban J connectivity index is 0.000000212. The van der Waals surface area contributed by atoms with Gasteiger partial charge in [-0.1, -0.05) is 43.0 Å². The third-order valence-electron chi connectivity index (χ3n) is 5.44. The number of carbonyl (C=O) groups excluding carboxylic acids is 3. The molecule has 3 rings (SSSR count). The number of carbonyl (C=O) groups is 3. The number of urea groups is 1. The van der Waals surface area contributed by atoms with Crippen LogP contribution < -0.4 is 16.4 Å². The number of rotatable bonds is 3. The van der Waals surface area contributed by atoms with Crippen molar-refractivity contribution in [2.24, 2.45) is 17.1 Å². The zero-order chi connectivity index (χ0) is 21.6. The van der Waals surface area contributed by atoms with Crippen molar-refractivity contribution in [2.75, 3.05) is 6.54 Å². The van der Waals surface area contributed by atoms with Crippen LogP contribution in [0.2, 0.25) is 10.0 Å². The number of halogens is 3. The lowest BCUT2D eigenvalue weighted by atomic mass is 9.82. The van der Waals surface area contributed by atoms with E-state index in [0.717, 1.165) is 12.8 Å². The molecule has 0 radical (unpaired) electrons. The fourth-order valence-corrected chi connectivity index (χ4v) is 4.06. The predicted octanol–water partition coefficient (Wildman–Crippen LogP) is 3.96. The number of hydrogen-bond acceptors (Lipinski definition) is 3. The number of benzene rings is 1. The lowest BCUT2D eigenvalue weighted by Crippen LogP contribution is -2.46. The maximum Gasteiger partial charge on any atom is 0.321 e. The van der Waals surface area contributed by atoms with Crippen molar-refractivity contribution in [1.82, 2.24) is 10.6 Å². The quantitative estimate of drug-likeness (QED) is 0.613. The Bertz CT molecular complexity index is 764. The van der Waals surface area contributed by atoms with Gasteiger partial charge < -0.3 is 11.1 Å². The topological polar surface area (TPSA) is 101 Å². The van der Waals surface area contributed by atoms with Gasteiger partial charge in [-0.25, -0.2) is 9.18 Å². The third-order valence-corrected chi connectivity index (χ3v) is 6.28. The summed E-state index contributed by atoms with van der Waals surface area (Å²) in [6, 6.07) is 2.35. The fraction of sp³-hybridized carbons (Fsp3) is 0.550. The molecule has 0 spiro atoms. The lowest BCUT2D eigenvalue weighted by molar-refractivity contribution is -0.123. The Labute approximate surface area is 179 Å². The molecule has 1 atom stereocenters. The average molecular weight is 446 g/mol. The van der Waals surface area contributed by atoms with E-state index in [4.69, 9.17) is 28.9 Å². The van der Waals surface area contributed by atoms with Gasteiger partial charge >= 0.3 is 6.03 Å². The number of nitrogens with one attached hydrogen (secondary N) is 2. The van der Waals surface area contributed by atoms with E-state index >= 15 is 0 Å². The molecule has 6 nitrogen and oxygen atoms in total. The Kier molecular flexibility index (Phi) is 8.28. The minimum Gasteiger partial charge on any atom is -0.369 e. The lowest BCUT2D eigenvalue weighted by Gasteiger charge is -2.24. The van der Waals surface area contributed by atoms with Crippen molar-refractivity contribution in [2.45, 2.75) is 51.9 Å². The zero-order valence-electron chi connectivity index (χ0n) is 16.3. The molecule has 0 aromatic heterocycles. The molecule has 160 valence electrons. The normalized spacial score (nSPS) is 21.2. The van der Waals surface area contributed by atoms with Crippen LogP contribution in [0.15, 0.2) is 12.1 Å². The van der Waals surface area contributed by atoms with Gasteiger partial charge in [0.2, 0.25) is 11.8 Å². The smallest absolute Gasteiger partial charge is 0.321 e. The first-order chi connectivity index (χ1) is 13.6. The van der Waals surface area contributed by atoms with Crippen molar-refractivity contribution < 1.29 is 18.8 Å². The van der Waals surface area contributed by atoms with Crippen LogP contribution in [0.3, 0.4) is 0 Å². The van der Waals surface area contributed by atoms with Crippen molar-refractivity contribution in [3.8, 4) is 0 Å². The van der Waals surface area contributed by atoms with Crippen LogP contribution in [0.1, 0.15) is 51.0 Å². The molecule has 4 amide bonds. The van der Waals surface area contributed by atoms with E-state index in [1.54, 1.807) is 0 Å². The second kappa shape index (κ2) is 10.3. The van der Waals surface area contributed by atoms with E-state index in [2.05, 4.69) is 17.6 Å². The summed E-state index contributed by atoms with van der Waals surface area (Å²) in [7, 11) is 0. The summed E-state index contributed by atoms with van der Waals surface area (Å²) in [5.74, 6) is -1.56. The van der Waals surface area contributed by atoms with E-state index in [1.165, 1.54) is 25.0 Å². The van der Waals surface area contributed by atoms with Crippen LogP contribution in [-0.2, 0) is 16.0 Å². The van der Waals surface area contributed by atoms with Gasteiger partial charge in [-0.2, -0.15) is 0 Å². The number of imide groups is 1. The van der Waals surface area contributed by atoms with Crippen LogP contribution >= 0.6 is 23.2 Å². The Morgan fingerprint density at radius 1 is 1.28 bits per heavy atom. The second-order valence-corrected chi connectivity index (χ2v) is 8.70. The minimum absolute atomic E-state index is 0.154. The van der Waals surface area contributed by atoms with Crippen LogP contribution in [0.5, 0.6) is 0 Å². The third kappa shape index (κ3) is 6.85. The van der Waals surface area contributed by atoms with Crippen molar-refractivity contribution >= 4 is 41.0 Å². The molecule has 1 saturated carbocycles. The molecule has 9 heteroatoms. The maximum atomic E-state index is 13.7. The Morgan fingerprint density at radius 3 is 2.55 bits per heavy atom. The van der Waals surface area contributed by atoms with E-state index < -0.39 is 17.9 Å². The van der Waals surface area contributed by atoms with Crippen LogP contribution in [0.25, 0.3) is 0 Å². The van der Waals surface area contributed by atoms with Crippen molar-refractivity contribution in [1.29, 1.82) is 0 Å². The highest BCUT2D eigenvalue weighted by Gasteiger charge is 2.31. The number of nitrogens with two attached hydrogens (primary N) is 1. The summed E-state index contributed by atoms with van der Waals surface area (Å²) in [6.45, 7) is 2.39. The van der Waals surface area contributed by atoms with E-state index in [0.29, 0.717) is 28.5 Å². The monoisotopic (exact) mass is 445 g/mol. The first-order valence-electron chi connectivity index (χ1n) is 9.61. The van der Waals surface area contributed by atoms with Gasteiger partial charge in [-0.3, -0.25) is 14.9 Å². The summed E-state index contributed by atoms with van der Waals surface area (Å²) in [5, 5.41) is 5.30. The summed E-state index contributed by atoms with van der Waals surface area (Å²) < 4.78 is 13.7. The van der Waals surface area contributed by atoms with Gasteiger partial charge in [0.25, 0.3) is 0 Å². The molecule has 1 aromatic rings. The Morgan fingerprint density at radius 2 is 1.93 bits per heavy atom. The highest BCUT2D eigenvalue weighted by Crippen LogP contribution is 2.42. The van der Waals surface area contributed by atoms with Gasteiger partial charge in [0.15, 0.2) is 0 Å². The fourth-order valence-electron chi connectivity index (χ4n) is 3.66. The van der Waals surface area contributed by atoms with Crippen LogP contribution in [0.4, 0.5) is 9.18 Å². The molecule has 4 N–H and O–H groups in total. The number of primary amides is 1. The summed E-state index contributed by atoms with van der Waals surface area (Å²) in [4.78, 5) is 32.5. The van der Waals surface area contributed by atoms with Gasteiger partial charge in [-0.15, -0.1) is 0 Å². The van der Waals surface area contributed by atoms with Crippen molar-refractivity contribution in [3.05, 3.63) is 33.6 Å². The highest BCUT2D eigenvalue weighted by molar-refractivity contribution is 6.42. The number of hydrogen-bond donors (Lipinski definition) is 3. The van der Waals surface area contributed by atoms with E-state index in [9.17, 15) is 18.8 Å². The van der Waals surface area contributed by atoms with E-state index in [1.807, 2.05) is 0 Å². The second-order valence-electron chi connectivity index (χ2n) is 7.91. The molecule has 0 unspecified atom stereocenters. The van der Waals surface area contributed by atoms with E-state index in [-0.39, 0.29) is 30.1 Å². The maximum absolute atomic E-state index is 13.7. The van der Waals surface area contributed by atoms with Gasteiger partial charge in [0, 0.05) is 18.5 Å². The standard InChI is InChI=1S/C13H15Cl2F.C7H11N3O3/c1-13(6-2-3-7-13)8-9-11(16)5-4-10(14)12(9)15;8-6(12)4-1-2-5(11)10-7(13)9-3-4/h4-5H,2-3,6-8H2,1H3;4H,1-3H2,(H2,8,12)(H2,9,10,11,13)/t;4-/m.0/s1. The zero-order valence-corrected chi connectivity index (χ0v) is 17.8. The largest absolute Gasteiger partial charge is 0.369 e. The summed E-state index contributed by atoms with van der Waals surface area (Å²) >= 11 is 12.0. The molecule has 29 heavy (non-hydrogen) atoms. The van der Waals surface area contributed by atoms with Gasteiger partial charge in [0.05, 0.1) is 16.0 Å². The number of amides is 4. The van der Waals surface area contributed by atoms with Crippen molar-refractivity contribution in [3.63, 3.8) is 0 Å². The first kappa shape index (κ1) is 23.4. The predicted molar refractivity (Wildman–Crippen MR) is 110 cm³/mol. The molecule has 1 aliphatic heterocycles. The molecule has 2 fully saturated rings. The van der Waals surface area contributed by atoms with Crippen LogP contribution in [0, 0.1) is 17.2 Å². The van der Waals surface area contributed by atoms with Crippen LogP contribution in [-0.4, -0.2) is 24.4 Å². The molecule has 1 aliphatic carbocycles. The molecule has 1 saturated heterocycles. The first-order valence-corrected chi connectivity index (χ1v) is 10.4. The summed E-state index contributed by atoms with van der Waals surface area (Å²) in [6.07, 6.45) is 5.98. The molecule has 2 aliphatic rings.